The molecule has 1 spiro atoms. The van der Waals surface area contributed by atoms with E-state index in [-0.39, 0.29) is 5.54 Å². The minimum Gasteiger partial charge on any atom is -0.515 e. The minimum absolute atomic E-state index is 0.0581. The molecular formula is C24H25N2O+. The lowest BCUT2D eigenvalue weighted by molar-refractivity contribution is -0.740. The van der Waals surface area contributed by atoms with E-state index in [2.05, 4.69) is 77.3 Å². The van der Waals surface area contributed by atoms with Gasteiger partial charge in [0, 0.05) is 29.0 Å². The SMILES string of the molecule is C=CC1C2C(c3ccccc3-c3cccc[n+]32)C12CCC(=C/O)/C(=C/C)N2. The number of rotatable bonds is 1. The summed E-state index contributed by atoms with van der Waals surface area (Å²) in [5.74, 6) is 0.712. The molecule has 1 aromatic heterocycles. The zero-order chi connectivity index (χ0) is 18.6. The van der Waals surface area contributed by atoms with Gasteiger partial charge in [0.2, 0.25) is 5.69 Å². The van der Waals surface area contributed by atoms with Crippen molar-refractivity contribution in [1.29, 1.82) is 0 Å². The number of aromatic nitrogens is 1. The molecule has 0 amide bonds. The highest BCUT2D eigenvalue weighted by atomic mass is 16.2. The number of hydrogen-bond acceptors (Lipinski definition) is 2. The molecule has 4 unspecified atom stereocenters. The van der Waals surface area contributed by atoms with Gasteiger partial charge in [0.05, 0.1) is 23.6 Å². The summed E-state index contributed by atoms with van der Waals surface area (Å²) in [4.78, 5) is 0. The standard InChI is InChI=1S/C24H24N2O/c1-3-19-23-22(24(19)13-12-16(15-27)20(4-2)25-24)18-10-6-5-9-17(18)21-11-7-8-14-26(21)23/h3-11,14-15,19,22-23,25H,1,12-13H2,2H3/p+1/b16-15-,20-4-. The van der Waals surface area contributed by atoms with Crippen molar-refractivity contribution in [2.24, 2.45) is 5.92 Å². The van der Waals surface area contributed by atoms with Gasteiger partial charge in [0.15, 0.2) is 12.2 Å². The first kappa shape index (κ1) is 16.4. The summed E-state index contributed by atoms with van der Waals surface area (Å²) < 4.78 is 2.44. The van der Waals surface area contributed by atoms with E-state index >= 15 is 0 Å². The average Bonchev–Trinajstić information content (AvgIpc) is 2.72. The summed E-state index contributed by atoms with van der Waals surface area (Å²) in [6.07, 6.45) is 9.55. The molecule has 3 aliphatic rings. The van der Waals surface area contributed by atoms with Crippen LogP contribution in [0.3, 0.4) is 0 Å². The molecule has 5 rings (SSSR count). The zero-order valence-corrected chi connectivity index (χ0v) is 15.6. The van der Waals surface area contributed by atoms with Gasteiger partial charge in [0.1, 0.15) is 0 Å². The third-order valence-electron chi connectivity index (χ3n) is 6.86. The molecule has 27 heavy (non-hydrogen) atoms. The van der Waals surface area contributed by atoms with Crippen LogP contribution in [0.25, 0.3) is 11.3 Å². The predicted octanol–water partition coefficient (Wildman–Crippen LogP) is 4.56. The lowest BCUT2D eigenvalue weighted by atomic mass is 9.48. The fourth-order valence-corrected chi connectivity index (χ4v) is 5.74. The van der Waals surface area contributed by atoms with Crippen molar-refractivity contribution in [2.75, 3.05) is 0 Å². The summed E-state index contributed by atoms with van der Waals surface area (Å²) in [5, 5.41) is 13.5. The van der Waals surface area contributed by atoms with Gasteiger partial charge in [-0.25, -0.2) is 0 Å². The Morgan fingerprint density at radius 3 is 2.81 bits per heavy atom. The maximum absolute atomic E-state index is 9.63. The number of aliphatic hydroxyl groups is 1. The number of hydrogen-bond donors (Lipinski definition) is 2. The van der Waals surface area contributed by atoms with Crippen molar-refractivity contribution >= 4 is 0 Å². The summed E-state index contributed by atoms with van der Waals surface area (Å²) in [6, 6.07) is 15.7. The van der Waals surface area contributed by atoms with Crippen molar-refractivity contribution in [3.63, 3.8) is 0 Å². The summed E-state index contributed by atoms with van der Waals surface area (Å²) in [5.41, 5.74) is 6.02. The van der Waals surface area contributed by atoms with Gasteiger partial charge >= 0.3 is 0 Å². The van der Waals surface area contributed by atoms with Crippen LogP contribution >= 0.6 is 0 Å². The maximum atomic E-state index is 9.63. The molecule has 1 saturated carbocycles. The summed E-state index contributed by atoms with van der Waals surface area (Å²) >= 11 is 0. The number of fused-ring (bicyclic) bond motifs is 7. The number of aliphatic hydroxyl groups excluding tert-OH is 1. The number of pyridine rings is 1. The van der Waals surface area contributed by atoms with E-state index in [1.54, 1.807) is 0 Å². The topological polar surface area (TPSA) is 36.1 Å². The fraction of sp³-hybridized carbons (Fsp3) is 0.292. The first-order valence-corrected chi connectivity index (χ1v) is 9.75. The predicted molar refractivity (Wildman–Crippen MR) is 107 cm³/mol. The Hall–Kier alpha value is -2.81. The number of benzene rings is 1. The van der Waals surface area contributed by atoms with Gasteiger partial charge in [-0.1, -0.05) is 30.4 Å². The highest BCUT2D eigenvalue weighted by Crippen LogP contribution is 2.63. The Kier molecular flexibility index (Phi) is 3.55. The molecule has 3 heterocycles. The zero-order valence-electron chi connectivity index (χ0n) is 15.6. The first-order chi connectivity index (χ1) is 13.2. The molecule has 2 aromatic rings. The van der Waals surface area contributed by atoms with Crippen LogP contribution in [0.1, 0.15) is 37.3 Å². The second kappa shape index (κ2) is 5.85. The van der Waals surface area contributed by atoms with Crippen molar-refractivity contribution in [2.45, 2.75) is 37.3 Å². The van der Waals surface area contributed by atoms with Crippen molar-refractivity contribution in [3.05, 3.63) is 90.5 Å². The molecule has 2 aliphatic heterocycles. The van der Waals surface area contributed by atoms with Crippen molar-refractivity contribution < 1.29 is 9.67 Å². The van der Waals surface area contributed by atoms with Gasteiger partial charge in [-0.3, -0.25) is 0 Å². The van der Waals surface area contributed by atoms with E-state index < -0.39 is 0 Å². The van der Waals surface area contributed by atoms with Gasteiger partial charge < -0.3 is 10.4 Å². The lowest BCUT2D eigenvalue weighted by Crippen LogP contribution is -2.75. The average molecular weight is 357 g/mol. The van der Waals surface area contributed by atoms with Gasteiger partial charge in [-0.2, -0.15) is 4.57 Å². The summed E-state index contributed by atoms with van der Waals surface area (Å²) in [7, 11) is 0. The fourth-order valence-electron chi connectivity index (χ4n) is 5.74. The van der Waals surface area contributed by atoms with Gasteiger partial charge in [0.25, 0.3) is 0 Å². The van der Waals surface area contributed by atoms with E-state index in [0.29, 0.717) is 17.9 Å². The largest absolute Gasteiger partial charge is 0.515 e. The van der Waals surface area contributed by atoms with Gasteiger partial charge in [-0.05, 0) is 37.5 Å². The van der Waals surface area contributed by atoms with E-state index in [1.165, 1.54) is 23.1 Å². The van der Waals surface area contributed by atoms with Crippen LogP contribution in [0.2, 0.25) is 0 Å². The Labute approximate surface area is 160 Å². The highest BCUT2D eigenvalue weighted by Gasteiger charge is 2.69. The maximum Gasteiger partial charge on any atom is 0.213 e. The van der Waals surface area contributed by atoms with Crippen LogP contribution in [-0.2, 0) is 0 Å². The van der Waals surface area contributed by atoms with Crippen molar-refractivity contribution in [1.82, 2.24) is 5.32 Å². The third kappa shape index (κ3) is 2.00. The number of nitrogens with one attached hydrogen (secondary N) is 1. The Morgan fingerprint density at radius 2 is 2.04 bits per heavy atom. The second-order valence-electron chi connectivity index (χ2n) is 7.83. The molecule has 0 bridgehead atoms. The monoisotopic (exact) mass is 357 g/mol. The van der Waals surface area contributed by atoms with E-state index in [9.17, 15) is 5.11 Å². The minimum atomic E-state index is -0.0581. The van der Waals surface area contributed by atoms with Crippen LogP contribution in [0.4, 0.5) is 0 Å². The lowest BCUT2D eigenvalue weighted by Gasteiger charge is -2.61. The van der Waals surface area contributed by atoms with Crippen LogP contribution < -0.4 is 9.88 Å². The molecule has 4 atom stereocenters. The van der Waals surface area contributed by atoms with Crippen molar-refractivity contribution in [3.8, 4) is 11.3 Å². The molecule has 3 heteroatoms. The first-order valence-electron chi connectivity index (χ1n) is 9.75. The van der Waals surface area contributed by atoms with E-state index in [4.69, 9.17) is 0 Å². The molecule has 136 valence electrons. The molecule has 1 aliphatic carbocycles. The number of piperidine rings is 1. The van der Waals surface area contributed by atoms with E-state index in [0.717, 1.165) is 24.1 Å². The molecule has 0 radical (unpaired) electrons. The summed E-state index contributed by atoms with van der Waals surface area (Å²) in [6.45, 7) is 6.24. The smallest absolute Gasteiger partial charge is 0.213 e. The normalized spacial score (nSPS) is 33.6. The molecule has 1 saturated heterocycles. The quantitative estimate of drug-likeness (QED) is 0.446. The molecule has 2 fully saturated rings. The molecule has 1 aromatic carbocycles. The van der Waals surface area contributed by atoms with Crippen LogP contribution in [0.5, 0.6) is 0 Å². The molecule has 3 nitrogen and oxygen atoms in total. The highest BCUT2D eigenvalue weighted by molar-refractivity contribution is 5.65. The van der Waals surface area contributed by atoms with Crippen LogP contribution in [0, 0.1) is 5.92 Å². The third-order valence-corrected chi connectivity index (χ3v) is 6.86. The molecule has 2 N–H and O–H groups in total. The van der Waals surface area contributed by atoms with E-state index in [1.807, 2.05) is 6.92 Å². The Bertz CT molecular complexity index is 989. The Balaban J connectivity index is 1.69. The molecular weight excluding hydrogens is 332 g/mol. The second-order valence-corrected chi connectivity index (χ2v) is 7.83. The Morgan fingerprint density at radius 1 is 1.22 bits per heavy atom. The van der Waals surface area contributed by atoms with Gasteiger partial charge in [-0.15, -0.1) is 6.58 Å². The van der Waals surface area contributed by atoms with Crippen LogP contribution in [-0.4, -0.2) is 10.6 Å². The van der Waals surface area contributed by atoms with Crippen LogP contribution in [0.15, 0.2) is 84.9 Å². The number of nitrogens with zero attached hydrogens (tertiary/aromatic N) is 1. The number of allylic oxidation sites excluding steroid dienone is 2.